The van der Waals surface area contributed by atoms with E-state index >= 15 is 0 Å². The predicted molar refractivity (Wildman–Crippen MR) is 87.2 cm³/mol. The second kappa shape index (κ2) is 6.95. The Balaban J connectivity index is 1.49. The van der Waals surface area contributed by atoms with E-state index in [1.807, 2.05) is 31.2 Å². The van der Waals surface area contributed by atoms with Gasteiger partial charge in [0.2, 0.25) is 0 Å². The Morgan fingerprint density at radius 3 is 2.77 bits per heavy atom. The molecule has 3 heteroatoms. The first kappa shape index (κ1) is 15.1. The van der Waals surface area contributed by atoms with Crippen LogP contribution in [0.5, 0.6) is 5.75 Å². The average Bonchev–Trinajstić information content (AvgIpc) is 2.53. The Labute approximate surface area is 132 Å². The first-order chi connectivity index (χ1) is 10.7. The highest BCUT2D eigenvalue weighted by atomic mass is 16.5. The summed E-state index contributed by atoms with van der Waals surface area (Å²) in [6.07, 6.45) is 0.664. The molecule has 2 N–H and O–H groups in total. The van der Waals surface area contributed by atoms with E-state index in [4.69, 9.17) is 4.74 Å². The molecule has 0 bridgehead atoms. The molecule has 0 saturated heterocycles. The number of aliphatic hydroxyl groups is 1. The van der Waals surface area contributed by atoms with Crippen LogP contribution in [0, 0.1) is 6.92 Å². The number of ether oxygens (including phenoxy) is 1. The molecule has 0 aromatic heterocycles. The fraction of sp³-hybridized carbons (Fsp3) is 0.368. The van der Waals surface area contributed by atoms with Crippen LogP contribution in [-0.2, 0) is 13.0 Å². The van der Waals surface area contributed by atoms with E-state index in [0.717, 1.165) is 31.8 Å². The maximum absolute atomic E-state index is 10.2. The molecule has 116 valence electrons. The van der Waals surface area contributed by atoms with Crippen LogP contribution in [0.1, 0.15) is 16.7 Å². The molecule has 2 aromatic carbocycles. The molecule has 1 heterocycles. The highest BCUT2D eigenvalue weighted by Crippen LogP contribution is 2.13. The van der Waals surface area contributed by atoms with Crippen molar-refractivity contribution in [1.82, 2.24) is 0 Å². The van der Waals surface area contributed by atoms with Crippen LogP contribution in [0.25, 0.3) is 0 Å². The van der Waals surface area contributed by atoms with E-state index in [0.29, 0.717) is 6.61 Å². The summed E-state index contributed by atoms with van der Waals surface area (Å²) >= 11 is 0. The van der Waals surface area contributed by atoms with Gasteiger partial charge in [0.05, 0.1) is 6.54 Å². The minimum absolute atomic E-state index is 0.356. The van der Waals surface area contributed by atoms with Crippen molar-refractivity contribution in [2.24, 2.45) is 0 Å². The molecule has 22 heavy (non-hydrogen) atoms. The maximum atomic E-state index is 10.2. The molecule has 1 aliphatic heterocycles. The number of aryl methyl sites for hydroxylation is 1. The summed E-state index contributed by atoms with van der Waals surface area (Å²) in [5, 5.41) is 10.2. The fourth-order valence-electron chi connectivity index (χ4n) is 3.11. The van der Waals surface area contributed by atoms with E-state index in [1.54, 1.807) is 0 Å². The van der Waals surface area contributed by atoms with Gasteiger partial charge >= 0.3 is 0 Å². The molecule has 0 amide bonds. The Hall–Kier alpha value is -1.84. The normalized spacial score (nSPS) is 18.5. The van der Waals surface area contributed by atoms with Gasteiger partial charge in [0.1, 0.15) is 31.5 Å². The zero-order chi connectivity index (χ0) is 15.4. The highest BCUT2D eigenvalue weighted by Gasteiger charge is 2.21. The Morgan fingerprint density at radius 2 is 1.95 bits per heavy atom. The Kier molecular flexibility index (Phi) is 4.76. The summed E-state index contributed by atoms with van der Waals surface area (Å²) in [7, 11) is 0. The molecular formula is C19H24NO2+. The summed E-state index contributed by atoms with van der Waals surface area (Å²) in [4.78, 5) is 1.43. The molecule has 2 aromatic rings. The predicted octanol–water partition coefficient (Wildman–Crippen LogP) is 1.38. The van der Waals surface area contributed by atoms with Crippen molar-refractivity contribution >= 4 is 0 Å². The lowest BCUT2D eigenvalue weighted by Crippen LogP contribution is -3.13. The SMILES string of the molecule is Cc1cccc(OC[C@H](O)C[NH+]2CCc3ccccc3C2)c1. The van der Waals surface area contributed by atoms with Crippen LogP contribution in [0.15, 0.2) is 48.5 Å². The lowest BCUT2D eigenvalue weighted by Gasteiger charge is -2.27. The molecule has 0 radical (unpaired) electrons. The summed E-state index contributed by atoms with van der Waals surface area (Å²) in [6.45, 7) is 5.21. The van der Waals surface area contributed by atoms with Gasteiger partial charge in [0.15, 0.2) is 0 Å². The van der Waals surface area contributed by atoms with Crippen LogP contribution in [0.4, 0.5) is 0 Å². The van der Waals surface area contributed by atoms with Gasteiger partial charge in [-0.1, -0.05) is 36.4 Å². The Morgan fingerprint density at radius 1 is 1.14 bits per heavy atom. The van der Waals surface area contributed by atoms with E-state index in [9.17, 15) is 5.11 Å². The molecule has 0 saturated carbocycles. The average molecular weight is 298 g/mol. The molecule has 0 spiro atoms. The van der Waals surface area contributed by atoms with Gasteiger partial charge in [-0.25, -0.2) is 0 Å². The monoisotopic (exact) mass is 298 g/mol. The zero-order valence-electron chi connectivity index (χ0n) is 13.1. The third kappa shape index (κ3) is 3.87. The van der Waals surface area contributed by atoms with E-state index in [1.165, 1.54) is 21.6 Å². The maximum Gasteiger partial charge on any atom is 0.137 e. The van der Waals surface area contributed by atoms with Crippen molar-refractivity contribution in [3.05, 3.63) is 65.2 Å². The largest absolute Gasteiger partial charge is 0.491 e. The molecule has 3 rings (SSSR count). The van der Waals surface area contributed by atoms with Crippen LogP contribution in [0.2, 0.25) is 0 Å². The summed E-state index contributed by atoms with van der Waals surface area (Å²) in [5.41, 5.74) is 4.04. The van der Waals surface area contributed by atoms with E-state index < -0.39 is 6.10 Å². The molecule has 2 atom stereocenters. The minimum Gasteiger partial charge on any atom is -0.491 e. The summed E-state index contributed by atoms with van der Waals surface area (Å²) in [5.74, 6) is 0.832. The molecular weight excluding hydrogens is 274 g/mol. The topological polar surface area (TPSA) is 33.9 Å². The van der Waals surface area contributed by atoms with Gasteiger partial charge in [-0.3, -0.25) is 0 Å². The lowest BCUT2D eigenvalue weighted by atomic mass is 10.00. The van der Waals surface area contributed by atoms with Crippen LogP contribution < -0.4 is 9.64 Å². The van der Waals surface area contributed by atoms with E-state index in [2.05, 4.69) is 24.3 Å². The van der Waals surface area contributed by atoms with Gasteiger partial charge in [0.25, 0.3) is 0 Å². The van der Waals surface area contributed by atoms with Crippen molar-refractivity contribution in [3.8, 4) is 5.75 Å². The number of fused-ring (bicyclic) bond motifs is 1. The second-order valence-electron chi connectivity index (χ2n) is 6.18. The standard InChI is InChI=1S/C19H23NO2/c1-15-5-4-8-19(11-15)22-14-18(21)13-20-10-9-16-6-2-3-7-17(16)12-20/h2-8,11,18,21H,9-10,12-14H2,1H3/p+1/t18-/m1/s1. The van der Waals surface area contributed by atoms with E-state index in [-0.39, 0.29) is 0 Å². The third-order valence-electron chi connectivity index (χ3n) is 4.26. The Bertz CT molecular complexity index is 626. The van der Waals surface area contributed by atoms with Gasteiger partial charge in [0, 0.05) is 12.0 Å². The molecule has 0 aliphatic carbocycles. The number of hydrogen-bond donors (Lipinski definition) is 2. The van der Waals surface area contributed by atoms with Crippen LogP contribution in [-0.4, -0.2) is 30.9 Å². The van der Waals surface area contributed by atoms with Gasteiger partial charge in [-0.2, -0.15) is 0 Å². The van der Waals surface area contributed by atoms with Crippen molar-refractivity contribution < 1.29 is 14.7 Å². The second-order valence-corrected chi connectivity index (χ2v) is 6.18. The number of aliphatic hydroxyl groups excluding tert-OH is 1. The fourth-order valence-corrected chi connectivity index (χ4v) is 3.11. The third-order valence-corrected chi connectivity index (χ3v) is 4.26. The molecule has 3 nitrogen and oxygen atoms in total. The molecule has 1 unspecified atom stereocenters. The lowest BCUT2D eigenvalue weighted by molar-refractivity contribution is -0.918. The van der Waals surface area contributed by atoms with Crippen LogP contribution in [0.3, 0.4) is 0 Å². The van der Waals surface area contributed by atoms with Gasteiger partial charge in [-0.15, -0.1) is 0 Å². The highest BCUT2D eigenvalue weighted by molar-refractivity contribution is 5.28. The van der Waals surface area contributed by atoms with Crippen molar-refractivity contribution in [2.45, 2.75) is 26.0 Å². The van der Waals surface area contributed by atoms with Crippen molar-refractivity contribution in [2.75, 3.05) is 19.7 Å². The zero-order valence-corrected chi connectivity index (χ0v) is 13.1. The first-order valence-electron chi connectivity index (χ1n) is 7.98. The summed E-state index contributed by atoms with van der Waals surface area (Å²) in [6, 6.07) is 16.6. The number of benzene rings is 2. The quantitative estimate of drug-likeness (QED) is 0.874. The van der Waals surface area contributed by atoms with Crippen molar-refractivity contribution in [3.63, 3.8) is 0 Å². The summed E-state index contributed by atoms with van der Waals surface area (Å²) < 4.78 is 5.70. The first-order valence-corrected chi connectivity index (χ1v) is 7.98. The van der Waals surface area contributed by atoms with Crippen molar-refractivity contribution in [1.29, 1.82) is 0 Å². The minimum atomic E-state index is -0.430. The number of hydrogen-bond acceptors (Lipinski definition) is 2. The number of nitrogens with one attached hydrogen (secondary N) is 1. The van der Waals surface area contributed by atoms with Gasteiger partial charge < -0.3 is 14.7 Å². The van der Waals surface area contributed by atoms with Crippen LogP contribution >= 0.6 is 0 Å². The number of quaternary nitrogens is 1. The molecule has 1 aliphatic rings. The van der Waals surface area contributed by atoms with Gasteiger partial charge in [-0.05, 0) is 30.2 Å². The molecule has 0 fully saturated rings. The number of rotatable bonds is 5. The smallest absolute Gasteiger partial charge is 0.137 e.